The van der Waals surface area contributed by atoms with Crippen LogP contribution in [0.5, 0.6) is 0 Å². The van der Waals surface area contributed by atoms with Gasteiger partial charge in [0.05, 0.1) is 36.8 Å². The van der Waals surface area contributed by atoms with Crippen LogP contribution in [0.4, 0.5) is 0 Å². The van der Waals surface area contributed by atoms with Crippen LogP contribution in [0, 0.1) is 92.7 Å². The standard InChI is InChI=1S/C60H98N2O4/c1-39(2)17-15-19-41(5)47-21-23-49-45-37-55(61-63)53-35-43(25-29-59(53,9)51(45)27-31-57(47,49)7)65-33-13-11-12-14-34-66-44-26-30-60(10)52-28-32-58(8)48(42(6)20-16-18-40(3)4)22-24-50(58)46(52)38-56(62-64)54(60)36-44/h11-12,35-36,39-52,63-64H,13-34,37-38H2,1-10H3/b12-11+,61-55+,62-56+/t41-,42-,43+,44+,45+,46+,47-,48-,49+,50+,51+,52+,57-,58-,59-,60-/m1/s1. The molecule has 372 valence electrons. The van der Waals surface area contributed by atoms with Crippen molar-refractivity contribution in [2.24, 2.45) is 103 Å². The molecule has 6 heteroatoms. The maximum atomic E-state index is 10.5. The average molecular weight is 911 g/mol. The zero-order valence-corrected chi connectivity index (χ0v) is 44.0. The topological polar surface area (TPSA) is 83.6 Å². The molecule has 0 radical (unpaired) electrons. The molecule has 8 rings (SSSR count). The van der Waals surface area contributed by atoms with Gasteiger partial charge < -0.3 is 19.9 Å². The van der Waals surface area contributed by atoms with Crippen molar-refractivity contribution < 1.29 is 19.9 Å². The van der Waals surface area contributed by atoms with Gasteiger partial charge in [-0.05, 0) is 207 Å². The van der Waals surface area contributed by atoms with E-state index in [0.29, 0.717) is 47.7 Å². The number of oxime groups is 2. The molecule has 0 aromatic carbocycles. The summed E-state index contributed by atoms with van der Waals surface area (Å²) in [6.45, 7) is 26.3. The fraction of sp³-hybridized carbons (Fsp3) is 0.867. The third kappa shape index (κ3) is 9.63. The highest BCUT2D eigenvalue weighted by Gasteiger charge is 2.62. The summed E-state index contributed by atoms with van der Waals surface area (Å²) in [5.41, 5.74) is 5.49. The Labute approximate surface area is 404 Å². The first-order valence-electron chi connectivity index (χ1n) is 28.3. The lowest BCUT2D eigenvalue weighted by molar-refractivity contribution is -0.0501. The average Bonchev–Trinajstić information content (AvgIpc) is 3.83. The summed E-state index contributed by atoms with van der Waals surface area (Å²) >= 11 is 0. The molecule has 8 aliphatic rings. The highest BCUT2D eigenvalue weighted by molar-refractivity contribution is 6.03. The summed E-state index contributed by atoms with van der Waals surface area (Å²) in [5, 5.41) is 29.1. The highest BCUT2D eigenvalue weighted by atomic mass is 16.5. The van der Waals surface area contributed by atoms with Crippen molar-refractivity contribution in [3.05, 3.63) is 35.5 Å². The molecule has 0 heterocycles. The third-order valence-electron chi connectivity index (χ3n) is 21.9. The summed E-state index contributed by atoms with van der Waals surface area (Å²) < 4.78 is 13.1. The predicted octanol–water partition coefficient (Wildman–Crippen LogP) is 16.1. The van der Waals surface area contributed by atoms with Gasteiger partial charge in [-0.2, -0.15) is 0 Å². The first-order chi connectivity index (χ1) is 31.6. The second-order valence-corrected chi connectivity index (χ2v) is 26.3. The number of rotatable bonds is 18. The summed E-state index contributed by atoms with van der Waals surface area (Å²) in [5.74, 6) is 8.98. The summed E-state index contributed by atoms with van der Waals surface area (Å²) in [6.07, 6.45) is 36.4. The Kier molecular flexibility index (Phi) is 15.9. The molecule has 0 bridgehead atoms. The Morgan fingerprint density at radius 1 is 0.545 bits per heavy atom. The largest absolute Gasteiger partial charge is 0.411 e. The normalized spacial score (nSPS) is 43.0. The molecule has 0 aliphatic heterocycles. The SMILES string of the molecule is CC(C)CCC[C@@H](C)[C@H]1CC[C@H]2[C@@H]3C/C(=N\O)C4=C[C@@H](OCC/C=C/CCO[C@@H]5C=C6/C(=N/O)C[C@H]7[C@@H]8CC[C@H]([C@H](C)CCCC(C)C)[C@@]8(C)CC[C@@H]7[C@@]6(C)CC5)CC[C@]4(C)[C@H]3CC[C@]12C. The van der Waals surface area contributed by atoms with E-state index in [9.17, 15) is 10.4 Å². The van der Waals surface area contributed by atoms with Crippen molar-refractivity contribution >= 4 is 11.4 Å². The Balaban J connectivity index is 0.790. The second kappa shape index (κ2) is 20.8. The van der Waals surface area contributed by atoms with E-state index in [2.05, 4.69) is 104 Å². The lowest BCUT2D eigenvalue weighted by Crippen LogP contribution is -2.53. The van der Waals surface area contributed by atoms with Gasteiger partial charge in [0.2, 0.25) is 0 Å². The number of ether oxygens (including phenoxy) is 2. The van der Waals surface area contributed by atoms with E-state index in [1.807, 2.05) is 0 Å². The van der Waals surface area contributed by atoms with E-state index in [-0.39, 0.29) is 23.0 Å². The monoisotopic (exact) mass is 911 g/mol. The zero-order valence-electron chi connectivity index (χ0n) is 44.0. The van der Waals surface area contributed by atoms with Crippen LogP contribution in [-0.4, -0.2) is 47.3 Å². The van der Waals surface area contributed by atoms with E-state index in [4.69, 9.17) is 9.47 Å². The van der Waals surface area contributed by atoms with Gasteiger partial charge in [-0.25, -0.2) is 0 Å². The molecule has 0 saturated heterocycles. The van der Waals surface area contributed by atoms with Crippen molar-refractivity contribution in [2.45, 2.75) is 223 Å². The van der Waals surface area contributed by atoms with Crippen LogP contribution >= 0.6 is 0 Å². The molecular weight excluding hydrogens is 813 g/mol. The Bertz CT molecular complexity index is 1680. The Hall–Kier alpha value is -1.92. The number of hydrogen-bond acceptors (Lipinski definition) is 6. The maximum absolute atomic E-state index is 10.5. The van der Waals surface area contributed by atoms with Crippen LogP contribution in [0.2, 0.25) is 0 Å². The first kappa shape index (κ1) is 50.5. The molecule has 16 atom stereocenters. The van der Waals surface area contributed by atoms with Crippen LogP contribution in [0.15, 0.2) is 45.8 Å². The van der Waals surface area contributed by atoms with Gasteiger partial charge in [0.15, 0.2) is 0 Å². The van der Waals surface area contributed by atoms with Gasteiger partial charge in [0.1, 0.15) is 0 Å². The molecule has 0 spiro atoms. The summed E-state index contributed by atoms with van der Waals surface area (Å²) in [7, 11) is 0. The first-order valence-corrected chi connectivity index (χ1v) is 28.3. The molecule has 0 amide bonds. The molecule has 66 heavy (non-hydrogen) atoms. The predicted molar refractivity (Wildman–Crippen MR) is 273 cm³/mol. The number of nitrogens with zero attached hydrogens (tertiary/aromatic N) is 2. The van der Waals surface area contributed by atoms with Gasteiger partial charge in [-0.3, -0.25) is 0 Å². The summed E-state index contributed by atoms with van der Waals surface area (Å²) in [4.78, 5) is 0. The Morgan fingerprint density at radius 2 is 0.955 bits per heavy atom. The molecule has 8 aliphatic carbocycles. The summed E-state index contributed by atoms with van der Waals surface area (Å²) in [6, 6.07) is 0. The van der Waals surface area contributed by atoms with E-state index >= 15 is 0 Å². The smallest absolute Gasteiger partial charge is 0.0833 e. The van der Waals surface area contributed by atoms with E-state index < -0.39 is 0 Å². The highest BCUT2D eigenvalue weighted by Crippen LogP contribution is 2.69. The molecule has 2 N–H and O–H groups in total. The second-order valence-electron chi connectivity index (χ2n) is 26.3. The lowest BCUT2D eigenvalue weighted by Gasteiger charge is -2.59. The zero-order chi connectivity index (χ0) is 47.0. The van der Waals surface area contributed by atoms with Crippen LogP contribution in [0.3, 0.4) is 0 Å². The lowest BCUT2D eigenvalue weighted by atomic mass is 9.46. The molecule has 6 saturated carbocycles. The van der Waals surface area contributed by atoms with E-state index in [1.165, 1.54) is 101 Å². The quantitative estimate of drug-likeness (QED) is 0.0621. The minimum atomic E-state index is 0.0774. The van der Waals surface area contributed by atoms with Gasteiger partial charge in [-0.15, -0.1) is 0 Å². The molecule has 0 aromatic rings. The maximum Gasteiger partial charge on any atom is 0.0833 e. The fourth-order valence-electron chi connectivity index (χ4n) is 18.4. The minimum Gasteiger partial charge on any atom is -0.411 e. The van der Waals surface area contributed by atoms with Crippen molar-refractivity contribution in [3.8, 4) is 0 Å². The van der Waals surface area contributed by atoms with Gasteiger partial charge in [0.25, 0.3) is 0 Å². The van der Waals surface area contributed by atoms with Gasteiger partial charge in [0, 0.05) is 0 Å². The molecular formula is C60H98N2O4. The van der Waals surface area contributed by atoms with Crippen molar-refractivity contribution in [2.75, 3.05) is 13.2 Å². The van der Waals surface area contributed by atoms with Crippen molar-refractivity contribution in [1.82, 2.24) is 0 Å². The third-order valence-corrected chi connectivity index (χ3v) is 21.9. The van der Waals surface area contributed by atoms with Crippen LogP contribution in [0.1, 0.15) is 210 Å². The number of hydrogen-bond donors (Lipinski definition) is 2. The minimum absolute atomic E-state index is 0.0774. The van der Waals surface area contributed by atoms with Crippen molar-refractivity contribution in [3.63, 3.8) is 0 Å². The van der Waals surface area contributed by atoms with Gasteiger partial charge in [-0.1, -0.05) is 142 Å². The molecule has 6 fully saturated rings. The van der Waals surface area contributed by atoms with E-state index in [0.717, 1.165) is 110 Å². The van der Waals surface area contributed by atoms with Crippen LogP contribution in [-0.2, 0) is 9.47 Å². The van der Waals surface area contributed by atoms with Crippen LogP contribution < -0.4 is 0 Å². The molecule has 0 unspecified atom stereocenters. The van der Waals surface area contributed by atoms with Crippen molar-refractivity contribution in [1.29, 1.82) is 0 Å². The fourth-order valence-corrected chi connectivity index (χ4v) is 18.4. The molecule has 0 aromatic heterocycles. The molecule has 6 nitrogen and oxygen atoms in total. The number of fused-ring (bicyclic) bond motifs is 10. The van der Waals surface area contributed by atoms with Gasteiger partial charge >= 0.3 is 0 Å². The van der Waals surface area contributed by atoms with E-state index in [1.54, 1.807) is 0 Å². The number of allylic oxidation sites excluding steroid dienone is 2. The Morgan fingerprint density at radius 3 is 1.33 bits per heavy atom. The van der Waals surface area contributed by atoms with Crippen LogP contribution in [0.25, 0.3) is 0 Å².